The van der Waals surface area contributed by atoms with Crippen molar-refractivity contribution in [1.29, 1.82) is 0 Å². The molecule has 4 saturated carbocycles. The minimum Gasteiger partial charge on any atom is -0.339 e. The lowest BCUT2D eigenvalue weighted by Gasteiger charge is -2.57. The maximum atomic E-state index is 13.4. The third kappa shape index (κ3) is 3.42. The number of alkyl halides is 2. The van der Waals surface area contributed by atoms with E-state index >= 15 is 0 Å². The summed E-state index contributed by atoms with van der Waals surface area (Å²) in [6.07, 6.45) is 6.68. The number of halogens is 3. The van der Waals surface area contributed by atoms with E-state index in [1.807, 2.05) is 4.90 Å². The van der Waals surface area contributed by atoms with Crippen LogP contribution in [0.5, 0.6) is 0 Å². The number of rotatable bonds is 2. The van der Waals surface area contributed by atoms with Crippen molar-refractivity contribution in [3.05, 3.63) is 0 Å². The van der Waals surface area contributed by atoms with E-state index in [-0.39, 0.29) is 23.7 Å². The number of nitrogens with zero attached hydrogens (tertiary/aromatic N) is 2. The van der Waals surface area contributed by atoms with Crippen molar-refractivity contribution in [2.24, 2.45) is 23.2 Å². The number of carbonyl (C=O) groups is 2. The molecule has 0 spiro atoms. The van der Waals surface area contributed by atoms with E-state index in [1.165, 1.54) is 19.3 Å². The molecule has 1 N–H and O–H groups in total. The molecule has 28 heavy (non-hydrogen) atoms. The van der Waals surface area contributed by atoms with Crippen molar-refractivity contribution in [1.82, 2.24) is 15.1 Å². The topological polar surface area (TPSA) is 52.7 Å². The van der Waals surface area contributed by atoms with Gasteiger partial charge in [0.05, 0.1) is 18.0 Å². The third-order valence-electron chi connectivity index (χ3n) is 7.78. The van der Waals surface area contributed by atoms with Gasteiger partial charge >= 0.3 is 0 Å². The highest BCUT2D eigenvalue weighted by atomic mass is 35.5. The highest BCUT2D eigenvalue weighted by Gasteiger charge is 2.55. The summed E-state index contributed by atoms with van der Waals surface area (Å²) in [6.45, 7) is 1.57. The van der Waals surface area contributed by atoms with Crippen LogP contribution in [0.3, 0.4) is 0 Å². The Morgan fingerprint density at radius 1 is 0.821 bits per heavy atom. The number of nitrogens with one attached hydrogen (secondary N) is 1. The summed E-state index contributed by atoms with van der Waals surface area (Å²) in [4.78, 5) is 29.5. The van der Waals surface area contributed by atoms with E-state index in [1.54, 1.807) is 4.90 Å². The van der Waals surface area contributed by atoms with Crippen molar-refractivity contribution >= 4 is 24.2 Å². The van der Waals surface area contributed by atoms with E-state index in [2.05, 4.69) is 5.32 Å². The molecular weight excluding hydrogens is 388 g/mol. The van der Waals surface area contributed by atoms with E-state index in [9.17, 15) is 18.4 Å². The predicted octanol–water partition coefficient (Wildman–Crippen LogP) is 2.29. The van der Waals surface area contributed by atoms with E-state index in [0.717, 1.165) is 37.0 Å². The molecule has 2 amide bonds. The molecule has 6 aliphatic rings. The van der Waals surface area contributed by atoms with Gasteiger partial charge in [0.25, 0.3) is 5.92 Å². The summed E-state index contributed by atoms with van der Waals surface area (Å²) < 4.78 is 26.7. The smallest absolute Gasteiger partial charge is 0.262 e. The SMILES string of the molecule is Cl.O=C(C1CC(F)(F)CN1)N1CCN(C(=O)C23CC4CC(CC(C4)C2)C3)CC1. The molecule has 158 valence electrons. The first-order valence-corrected chi connectivity index (χ1v) is 10.5. The van der Waals surface area contributed by atoms with Crippen LogP contribution in [-0.2, 0) is 9.59 Å². The molecule has 2 aliphatic heterocycles. The van der Waals surface area contributed by atoms with Crippen LogP contribution in [0.4, 0.5) is 8.78 Å². The Bertz CT molecular complexity index is 616. The predicted molar refractivity (Wildman–Crippen MR) is 102 cm³/mol. The monoisotopic (exact) mass is 417 g/mol. The van der Waals surface area contributed by atoms with Crippen molar-refractivity contribution in [3.8, 4) is 0 Å². The average Bonchev–Trinajstić information content (AvgIpc) is 2.99. The fraction of sp³-hybridized carbons (Fsp3) is 0.900. The van der Waals surface area contributed by atoms with Crippen LogP contribution in [0.1, 0.15) is 44.9 Å². The molecule has 5 nitrogen and oxygen atoms in total. The van der Waals surface area contributed by atoms with Gasteiger partial charge in [0.15, 0.2) is 0 Å². The number of hydrogen-bond acceptors (Lipinski definition) is 3. The zero-order chi connectivity index (χ0) is 18.8. The molecular formula is C20H30ClF2N3O2. The zero-order valence-corrected chi connectivity index (χ0v) is 17.0. The van der Waals surface area contributed by atoms with Crippen LogP contribution in [0.2, 0.25) is 0 Å². The molecule has 0 aromatic carbocycles. The maximum absolute atomic E-state index is 13.4. The minimum absolute atomic E-state index is 0. The molecule has 0 aromatic rings. The Hall–Kier alpha value is -0.950. The Morgan fingerprint density at radius 3 is 1.79 bits per heavy atom. The number of piperazine rings is 1. The lowest BCUT2D eigenvalue weighted by molar-refractivity contribution is -0.160. The Labute approximate surface area is 171 Å². The normalized spacial score (nSPS) is 41.1. The molecule has 6 rings (SSSR count). The molecule has 6 fully saturated rings. The quantitative estimate of drug-likeness (QED) is 0.750. The molecule has 0 radical (unpaired) electrons. The second kappa shape index (κ2) is 7.08. The van der Waals surface area contributed by atoms with Gasteiger partial charge in [-0.1, -0.05) is 0 Å². The first-order chi connectivity index (χ1) is 12.8. The summed E-state index contributed by atoms with van der Waals surface area (Å²) in [5.41, 5.74) is -0.143. The third-order valence-corrected chi connectivity index (χ3v) is 7.78. The first kappa shape index (κ1) is 20.3. The first-order valence-electron chi connectivity index (χ1n) is 10.5. The fourth-order valence-electron chi connectivity index (χ4n) is 6.95. The van der Waals surface area contributed by atoms with Gasteiger partial charge in [-0.25, -0.2) is 8.78 Å². The molecule has 1 unspecified atom stereocenters. The second-order valence-electron chi connectivity index (χ2n) is 9.81. The second-order valence-corrected chi connectivity index (χ2v) is 9.81. The van der Waals surface area contributed by atoms with Crippen LogP contribution < -0.4 is 5.32 Å². The molecule has 8 heteroatoms. The molecule has 2 saturated heterocycles. The van der Waals surface area contributed by atoms with Crippen LogP contribution in [0.25, 0.3) is 0 Å². The highest BCUT2D eigenvalue weighted by molar-refractivity contribution is 5.85. The minimum atomic E-state index is -2.80. The Kier molecular flexibility index (Phi) is 5.14. The summed E-state index contributed by atoms with van der Waals surface area (Å²) >= 11 is 0. The van der Waals surface area contributed by atoms with Gasteiger partial charge in [-0.2, -0.15) is 0 Å². The molecule has 0 aromatic heterocycles. The van der Waals surface area contributed by atoms with E-state index < -0.39 is 24.9 Å². The van der Waals surface area contributed by atoms with Gasteiger partial charge in [0, 0.05) is 32.6 Å². The van der Waals surface area contributed by atoms with Crippen molar-refractivity contribution in [2.45, 2.75) is 56.9 Å². The van der Waals surface area contributed by atoms with Gasteiger partial charge in [0.2, 0.25) is 11.8 Å². The van der Waals surface area contributed by atoms with Crippen LogP contribution in [-0.4, -0.2) is 66.3 Å². The van der Waals surface area contributed by atoms with Crippen molar-refractivity contribution in [2.75, 3.05) is 32.7 Å². The van der Waals surface area contributed by atoms with E-state index in [0.29, 0.717) is 32.1 Å². The van der Waals surface area contributed by atoms with Gasteiger partial charge < -0.3 is 9.80 Å². The summed E-state index contributed by atoms with van der Waals surface area (Å²) in [6, 6.07) is -0.787. The van der Waals surface area contributed by atoms with Crippen molar-refractivity contribution in [3.63, 3.8) is 0 Å². The maximum Gasteiger partial charge on any atom is 0.262 e. The lowest BCUT2D eigenvalue weighted by atomic mass is 9.49. The summed E-state index contributed by atoms with van der Waals surface area (Å²) in [5, 5.41) is 2.65. The molecule has 4 bridgehead atoms. The van der Waals surface area contributed by atoms with Crippen LogP contribution in [0.15, 0.2) is 0 Å². The highest BCUT2D eigenvalue weighted by Crippen LogP contribution is 2.60. The largest absolute Gasteiger partial charge is 0.339 e. The number of carbonyl (C=O) groups excluding carboxylic acids is 2. The van der Waals surface area contributed by atoms with Gasteiger partial charge in [0.1, 0.15) is 0 Å². The lowest BCUT2D eigenvalue weighted by Crippen LogP contribution is -2.59. The fourth-order valence-corrected chi connectivity index (χ4v) is 6.95. The van der Waals surface area contributed by atoms with Crippen molar-refractivity contribution < 1.29 is 18.4 Å². The molecule has 4 aliphatic carbocycles. The molecule has 2 heterocycles. The van der Waals surface area contributed by atoms with E-state index in [4.69, 9.17) is 0 Å². The standard InChI is InChI=1S/C20H29F2N3O2.ClH/c21-20(22)11-16(23-12-20)17(26)24-1-3-25(4-2-24)18(27)19-8-13-5-14(9-19)7-15(6-13)10-19;/h13-16,23H,1-12H2;1H. The zero-order valence-electron chi connectivity index (χ0n) is 16.2. The molecule has 1 atom stereocenters. The Morgan fingerprint density at radius 2 is 1.32 bits per heavy atom. The van der Waals surface area contributed by atoms with Gasteiger partial charge in [-0.15, -0.1) is 12.4 Å². The Balaban J connectivity index is 0.00000192. The van der Waals surface area contributed by atoms with Gasteiger partial charge in [-0.05, 0) is 56.3 Å². The number of hydrogen-bond donors (Lipinski definition) is 1. The van der Waals surface area contributed by atoms with Crippen LogP contribution >= 0.6 is 12.4 Å². The van der Waals surface area contributed by atoms with Crippen LogP contribution in [0, 0.1) is 23.2 Å². The number of amides is 2. The summed E-state index contributed by atoms with van der Waals surface area (Å²) in [7, 11) is 0. The van der Waals surface area contributed by atoms with Gasteiger partial charge in [-0.3, -0.25) is 14.9 Å². The summed E-state index contributed by atoms with van der Waals surface area (Å²) in [5.74, 6) is -0.529. The average molecular weight is 418 g/mol.